The van der Waals surface area contributed by atoms with Crippen molar-refractivity contribution >= 4 is 17.9 Å². The molecule has 0 spiro atoms. The number of esters is 3. The Morgan fingerprint density at radius 3 is 1.05 bits per heavy atom. The van der Waals surface area contributed by atoms with E-state index in [0.29, 0.717) is 19.3 Å². The predicted octanol–water partition coefficient (Wildman–Crippen LogP) is 17.8. The summed E-state index contributed by atoms with van der Waals surface area (Å²) in [4.78, 5) is 38.0. The summed E-state index contributed by atoms with van der Waals surface area (Å²) in [7, 11) is 0. The summed E-state index contributed by atoms with van der Waals surface area (Å²) in [6, 6.07) is 0. The summed E-state index contributed by atoms with van der Waals surface area (Å²) >= 11 is 0. The smallest absolute Gasteiger partial charge is 0.306 e. The SMILES string of the molecule is CC/C=C\C/C=C\C/C=C\C/C=C\C/C=C\CCCC(=O)OCC(COC(=O)CCCCCCCCCCCCCCCC)OC(=O)CCCCCCCCC/C=C\CCCCCC. The van der Waals surface area contributed by atoms with E-state index >= 15 is 0 Å². The molecular weight excluding hydrogens is 793 g/mol. The third kappa shape index (κ3) is 49.9. The van der Waals surface area contributed by atoms with Crippen molar-refractivity contribution in [2.75, 3.05) is 13.2 Å². The minimum Gasteiger partial charge on any atom is -0.462 e. The molecule has 0 aromatic rings. The highest BCUT2D eigenvalue weighted by molar-refractivity contribution is 5.71. The van der Waals surface area contributed by atoms with Gasteiger partial charge in [-0.2, -0.15) is 0 Å². The minimum absolute atomic E-state index is 0.0927. The number of ether oxygens (including phenoxy) is 3. The molecule has 0 radical (unpaired) electrons. The number of unbranched alkanes of at least 4 members (excludes halogenated alkanes) is 25. The van der Waals surface area contributed by atoms with Gasteiger partial charge in [0.25, 0.3) is 0 Å². The number of hydrogen-bond donors (Lipinski definition) is 0. The van der Waals surface area contributed by atoms with Gasteiger partial charge in [-0.15, -0.1) is 0 Å². The summed E-state index contributed by atoms with van der Waals surface area (Å²) in [5.74, 6) is -0.952. The molecule has 0 rings (SSSR count). The highest BCUT2D eigenvalue weighted by Crippen LogP contribution is 2.15. The highest BCUT2D eigenvalue weighted by atomic mass is 16.6. The number of carbonyl (C=O) groups excluding carboxylic acids is 3. The molecule has 6 nitrogen and oxygen atoms in total. The average molecular weight is 893 g/mol. The van der Waals surface area contributed by atoms with Crippen LogP contribution >= 0.6 is 0 Å². The Hall–Kier alpha value is -3.15. The van der Waals surface area contributed by atoms with Gasteiger partial charge in [-0.3, -0.25) is 14.4 Å². The van der Waals surface area contributed by atoms with Crippen molar-refractivity contribution in [3.05, 3.63) is 72.9 Å². The molecule has 0 saturated heterocycles. The Kier molecular flexibility index (Phi) is 49.9. The van der Waals surface area contributed by atoms with Crippen molar-refractivity contribution in [1.82, 2.24) is 0 Å². The van der Waals surface area contributed by atoms with E-state index in [4.69, 9.17) is 14.2 Å². The Balaban J connectivity index is 4.47. The molecule has 368 valence electrons. The molecule has 6 heteroatoms. The molecule has 0 fully saturated rings. The van der Waals surface area contributed by atoms with E-state index < -0.39 is 6.10 Å². The maximum Gasteiger partial charge on any atom is 0.306 e. The van der Waals surface area contributed by atoms with Gasteiger partial charge in [0.1, 0.15) is 13.2 Å². The van der Waals surface area contributed by atoms with Crippen LogP contribution in [0, 0.1) is 0 Å². The largest absolute Gasteiger partial charge is 0.462 e. The van der Waals surface area contributed by atoms with Crippen molar-refractivity contribution in [1.29, 1.82) is 0 Å². The monoisotopic (exact) mass is 893 g/mol. The van der Waals surface area contributed by atoms with Gasteiger partial charge < -0.3 is 14.2 Å². The van der Waals surface area contributed by atoms with E-state index in [0.717, 1.165) is 77.0 Å². The summed E-state index contributed by atoms with van der Waals surface area (Å²) < 4.78 is 16.8. The second-order valence-electron chi connectivity index (χ2n) is 17.8. The summed E-state index contributed by atoms with van der Waals surface area (Å²) in [6.45, 7) is 6.47. The van der Waals surface area contributed by atoms with E-state index in [1.807, 2.05) is 0 Å². The van der Waals surface area contributed by atoms with Crippen molar-refractivity contribution in [3.63, 3.8) is 0 Å². The molecule has 0 amide bonds. The van der Waals surface area contributed by atoms with E-state index in [9.17, 15) is 14.4 Å². The molecule has 0 aliphatic rings. The van der Waals surface area contributed by atoms with Crippen molar-refractivity contribution in [2.24, 2.45) is 0 Å². The normalized spacial score (nSPS) is 12.6. The van der Waals surface area contributed by atoms with Gasteiger partial charge in [0.2, 0.25) is 0 Å². The lowest BCUT2D eigenvalue weighted by atomic mass is 10.0. The molecule has 64 heavy (non-hydrogen) atoms. The standard InChI is InChI=1S/C58H100O6/c1-4-7-10-13-16-19-22-25-28-29-31-33-36-39-42-45-48-51-57(60)63-54-55(53-62-56(59)50-47-44-41-38-35-32-27-24-21-18-15-12-9-6-3)64-58(61)52-49-46-43-40-37-34-30-26-23-20-17-14-11-8-5-2/h7,10,16,19-20,23,25,28,31,33,39,42,55H,4-6,8-9,11-15,17-18,21-22,24,26-27,29-30,32,34-38,40-41,43-54H2,1-3H3/b10-7-,19-16-,23-20-,28-25-,33-31-,42-39-. The molecule has 1 atom stereocenters. The summed E-state index contributed by atoms with van der Waals surface area (Å²) in [6.07, 6.45) is 66.0. The molecule has 0 aliphatic carbocycles. The molecule has 0 aromatic carbocycles. The summed E-state index contributed by atoms with van der Waals surface area (Å²) in [5.41, 5.74) is 0. The Morgan fingerprint density at radius 1 is 0.328 bits per heavy atom. The zero-order valence-corrected chi connectivity index (χ0v) is 42.0. The molecule has 0 heterocycles. The first kappa shape index (κ1) is 60.9. The molecule has 0 N–H and O–H groups in total. The second kappa shape index (κ2) is 52.5. The fourth-order valence-electron chi connectivity index (χ4n) is 7.41. The van der Waals surface area contributed by atoms with Crippen LogP contribution in [0.4, 0.5) is 0 Å². The highest BCUT2D eigenvalue weighted by Gasteiger charge is 2.19. The zero-order valence-electron chi connectivity index (χ0n) is 42.0. The van der Waals surface area contributed by atoms with Crippen LogP contribution in [0.1, 0.15) is 258 Å². The van der Waals surface area contributed by atoms with Gasteiger partial charge >= 0.3 is 17.9 Å². The van der Waals surface area contributed by atoms with Crippen LogP contribution in [0.25, 0.3) is 0 Å². The Bertz CT molecular complexity index is 1210. The number of hydrogen-bond acceptors (Lipinski definition) is 6. The number of rotatable bonds is 48. The van der Waals surface area contributed by atoms with Crippen LogP contribution in [0.15, 0.2) is 72.9 Å². The molecule has 0 aromatic heterocycles. The maximum absolute atomic E-state index is 12.8. The molecule has 1 unspecified atom stereocenters. The molecule has 0 bridgehead atoms. The van der Waals surface area contributed by atoms with Gasteiger partial charge in [-0.05, 0) is 83.5 Å². The van der Waals surface area contributed by atoms with Gasteiger partial charge in [0, 0.05) is 19.3 Å². The van der Waals surface area contributed by atoms with E-state index in [1.165, 1.54) is 135 Å². The summed E-state index contributed by atoms with van der Waals surface area (Å²) in [5, 5.41) is 0. The topological polar surface area (TPSA) is 78.9 Å². The second-order valence-corrected chi connectivity index (χ2v) is 17.8. The lowest BCUT2D eigenvalue weighted by molar-refractivity contribution is -0.167. The van der Waals surface area contributed by atoms with Crippen LogP contribution in [-0.2, 0) is 28.6 Å². The number of carbonyl (C=O) groups is 3. The first-order valence-electron chi connectivity index (χ1n) is 26.9. The molecular formula is C58H100O6. The lowest BCUT2D eigenvalue weighted by Gasteiger charge is -2.18. The van der Waals surface area contributed by atoms with E-state index in [2.05, 4.69) is 93.7 Å². The zero-order chi connectivity index (χ0) is 46.5. The Morgan fingerprint density at radius 2 is 0.625 bits per heavy atom. The average Bonchev–Trinajstić information content (AvgIpc) is 3.29. The fraction of sp³-hybridized carbons (Fsp3) is 0.741. The minimum atomic E-state index is -0.798. The third-order valence-electron chi connectivity index (χ3n) is 11.4. The van der Waals surface area contributed by atoms with Gasteiger partial charge in [0.15, 0.2) is 6.10 Å². The van der Waals surface area contributed by atoms with E-state index in [1.54, 1.807) is 0 Å². The molecule has 0 saturated carbocycles. The lowest BCUT2D eigenvalue weighted by Crippen LogP contribution is -2.30. The fourth-order valence-corrected chi connectivity index (χ4v) is 7.41. The van der Waals surface area contributed by atoms with Crippen molar-refractivity contribution in [3.8, 4) is 0 Å². The van der Waals surface area contributed by atoms with Crippen LogP contribution in [0.5, 0.6) is 0 Å². The number of allylic oxidation sites excluding steroid dienone is 12. The van der Waals surface area contributed by atoms with Gasteiger partial charge in [-0.1, -0.05) is 229 Å². The predicted molar refractivity (Wildman–Crippen MR) is 274 cm³/mol. The third-order valence-corrected chi connectivity index (χ3v) is 11.4. The van der Waals surface area contributed by atoms with Crippen LogP contribution in [0.2, 0.25) is 0 Å². The first-order valence-corrected chi connectivity index (χ1v) is 26.9. The molecule has 0 aliphatic heterocycles. The maximum atomic E-state index is 12.8. The van der Waals surface area contributed by atoms with Crippen molar-refractivity contribution < 1.29 is 28.6 Å². The first-order chi connectivity index (χ1) is 31.5. The van der Waals surface area contributed by atoms with Crippen LogP contribution < -0.4 is 0 Å². The quantitative estimate of drug-likeness (QED) is 0.0262. The van der Waals surface area contributed by atoms with Crippen LogP contribution in [-0.4, -0.2) is 37.2 Å². The Labute approximate surface area is 395 Å². The van der Waals surface area contributed by atoms with Gasteiger partial charge in [-0.25, -0.2) is 0 Å². The van der Waals surface area contributed by atoms with Crippen molar-refractivity contribution in [2.45, 2.75) is 264 Å². The van der Waals surface area contributed by atoms with Crippen LogP contribution in [0.3, 0.4) is 0 Å². The van der Waals surface area contributed by atoms with E-state index in [-0.39, 0.29) is 37.5 Å². The van der Waals surface area contributed by atoms with Gasteiger partial charge in [0.05, 0.1) is 0 Å².